The number of amides is 1. The zero-order valence-corrected chi connectivity index (χ0v) is 12.4. The lowest BCUT2D eigenvalue weighted by molar-refractivity contribution is 0.0734. The quantitative estimate of drug-likeness (QED) is 0.590. The van der Waals surface area contributed by atoms with Crippen LogP contribution in [0.3, 0.4) is 0 Å². The molecule has 0 bridgehead atoms. The zero-order valence-electron chi connectivity index (χ0n) is 9.38. The first kappa shape index (κ1) is 15.6. The molecule has 1 saturated heterocycles. The number of carbonyl (C=O) groups excluding carboxylic acids is 1. The smallest absolute Gasteiger partial charge is 0.255 e. The molecule has 1 aliphatic heterocycles. The lowest BCUT2D eigenvalue weighted by Crippen LogP contribution is -2.46. The Morgan fingerprint density at radius 2 is 1.78 bits per heavy atom. The molecule has 0 aliphatic carbocycles. The number of benzene rings is 1. The molecule has 0 radical (unpaired) electrons. The number of piperazine rings is 1. The van der Waals surface area contributed by atoms with Gasteiger partial charge in [-0.05, 0) is 34.7 Å². The molecule has 0 spiro atoms. The fraction of sp³-hybridized carbons (Fsp3) is 0.364. The maximum atomic E-state index is 13.1. The minimum absolute atomic E-state index is 0. The Bertz CT molecular complexity index is 453. The van der Waals surface area contributed by atoms with Gasteiger partial charge in [-0.2, -0.15) is 0 Å². The van der Waals surface area contributed by atoms with Gasteiger partial charge in [0.05, 0.1) is 5.56 Å². The van der Waals surface area contributed by atoms with Crippen molar-refractivity contribution < 1.29 is 13.6 Å². The molecule has 1 aromatic rings. The summed E-state index contributed by atoms with van der Waals surface area (Å²) in [6.07, 6.45) is 0. The molecule has 1 fully saturated rings. The van der Waals surface area contributed by atoms with Gasteiger partial charge in [0.15, 0.2) is 11.6 Å². The number of halogens is 4. The summed E-state index contributed by atoms with van der Waals surface area (Å²) in [5.41, 5.74) is 0.228. The third-order valence-corrected chi connectivity index (χ3v) is 3.54. The van der Waals surface area contributed by atoms with Crippen molar-refractivity contribution in [2.45, 2.75) is 0 Å². The van der Waals surface area contributed by atoms with E-state index in [0.717, 1.165) is 25.2 Å². The predicted octanol–water partition coefficient (Wildman–Crippen LogP) is 2.04. The third kappa shape index (κ3) is 3.30. The molecule has 1 amide bonds. The Hall–Kier alpha value is -0.470. The number of nitrogens with one attached hydrogen (secondary N) is 1. The van der Waals surface area contributed by atoms with Gasteiger partial charge >= 0.3 is 0 Å². The predicted molar refractivity (Wildman–Crippen MR) is 75.1 cm³/mol. The van der Waals surface area contributed by atoms with Crippen molar-refractivity contribution in [1.82, 2.24) is 10.2 Å². The van der Waals surface area contributed by atoms with Crippen molar-refractivity contribution in [2.24, 2.45) is 0 Å². The Morgan fingerprint density at radius 1 is 1.22 bits per heavy atom. The van der Waals surface area contributed by atoms with E-state index in [-0.39, 0.29) is 23.9 Å². The third-order valence-electron chi connectivity index (χ3n) is 2.64. The molecule has 1 heterocycles. The topological polar surface area (TPSA) is 32.3 Å². The maximum absolute atomic E-state index is 13.1. The molecule has 0 unspecified atom stereocenters. The molecule has 0 atom stereocenters. The summed E-state index contributed by atoms with van der Waals surface area (Å²) < 4.78 is 26.5. The van der Waals surface area contributed by atoms with E-state index in [4.69, 9.17) is 0 Å². The van der Waals surface area contributed by atoms with Crippen LogP contribution in [0, 0.1) is 15.2 Å². The molecule has 7 heteroatoms. The van der Waals surface area contributed by atoms with Crippen LogP contribution in [0.5, 0.6) is 0 Å². The summed E-state index contributed by atoms with van der Waals surface area (Å²) in [5.74, 6) is -2.15. The average Bonchev–Trinajstić information content (AvgIpc) is 2.34. The summed E-state index contributed by atoms with van der Waals surface area (Å²) >= 11 is 1.84. The zero-order chi connectivity index (χ0) is 12.4. The van der Waals surface area contributed by atoms with Crippen LogP contribution in [-0.4, -0.2) is 37.0 Å². The highest BCUT2D eigenvalue weighted by Crippen LogP contribution is 2.19. The number of hydrogen-bond acceptors (Lipinski definition) is 2. The second kappa shape index (κ2) is 6.63. The van der Waals surface area contributed by atoms with Gasteiger partial charge in [0.2, 0.25) is 0 Å². The Balaban J connectivity index is 0.00000162. The highest BCUT2D eigenvalue weighted by Gasteiger charge is 2.21. The molecular weight excluding hydrogens is 376 g/mol. The van der Waals surface area contributed by atoms with Crippen LogP contribution in [0.1, 0.15) is 10.4 Å². The van der Waals surface area contributed by atoms with Crippen LogP contribution in [0.25, 0.3) is 0 Å². The maximum Gasteiger partial charge on any atom is 0.255 e. The van der Waals surface area contributed by atoms with Gasteiger partial charge in [0.25, 0.3) is 5.91 Å². The first-order valence-corrected chi connectivity index (χ1v) is 6.32. The Morgan fingerprint density at radius 3 is 2.39 bits per heavy atom. The van der Waals surface area contributed by atoms with Crippen molar-refractivity contribution in [2.75, 3.05) is 26.2 Å². The molecule has 18 heavy (non-hydrogen) atoms. The highest BCUT2D eigenvalue weighted by molar-refractivity contribution is 14.1. The van der Waals surface area contributed by atoms with Gasteiger partial charge in [0, 0.05) is 29.7 Å². The molecule has 1 aromatic carbocycles. The second-order valence-electron chi connectivity index (χ2n) is 3.79. The van der Waals surface area contributed by atoms with E-state index in [2.05, 4.69) is 5.32 Å². The van der Waals surface area contributed by atoms with Gasteiger partial charge in [0.1, 0.15) is 0 Å². The van der Waals surface area contributed by atoms with Crippen LogP contribution >= 0.6 is 35.0 Å². The van der Waals surface area contributed by atoms with E-state index in [9.17, 15) is 13.6 Å². The average molecular weight is 389 g/mol. The monoisotopic (exact) mass is 388 g/mol. The molecule has 3 nitrogen and oxygen atoms in total. The normalized spacial score (nSPS) is 15.2. The van der Waals surface area contributed by atoms with Crippen molar-refractivity contribution in [1.29, 1.82) is 0 Å². The van der Waals surface area contributed by atoms with E-state index >= 15 is 0 Å². The lowest BCUT2D eigenvalue weighted by Gasteiger charge is -2.27. The van der Waals surface area contributed by atoms with Crippen LogP contribution < -0.4 is 5.32 Å². The fourth-order valence-electron chi connectivity index (χ4n) is 1.72. The van der Waals surface area contributed by atoms with Crippen LogP contribution in [0.4, 0.5) is 8.78 Å². The summed E-state index contributed by atoms with van der Waals surface area (Å²) in [5, 5.41) is 3.13. The van der Waals surface area contributed by atoms with E-state index in [1.807, 2.05) is 22.6 Å². The number of nitrogens with zero attached hydrogens (tertiary/aromatic N) is 1. The summed E-state index contributed by atoms with van der Waals surface area (Å²) in [7, 11) is 0. The summed E-state index contributed by atoms with van der Waals surface area (Å²) in [6, 6.07) is 2.02. The largest absolute Gasteiger partial charge is 0.336 e. The molecule has 1 aliphatic rings. The lowest BCUT2D eigenvalue weighted by atomic mass is 10.1. The minimum atomic E-state index is -0.982. The van der Waals surface area contributed by atoms with Crippen molar-refractivity contribution in [3.63, 3.8) is 0 Å². The summed E-state index contributed by atoms with van der Waals surface area (Å²) in [4.78, 5) is 13.7. The molecular formula is C11H12ClF2IN2O. The van der Waals surface area contributed by atoms with Crippen molar-refractivity contribution in [3.8, 4) is 0 Å². The van der Waals surface area contributed by atoms with Gasteiger partial charge in [-0.25, -0.2) is 8.78 Å². The Kier molecular flexibility index (Phi) is 5.74. The summed E-state index contributed by atoms with van der Waals surface area (Å²) in [6.45, 7) is 2.64. The number of hydrogen-bond donors (Lipinski definition) is 1. The molecule has 100 valence electrons. The van der Waals surface area contributed by atoms with Crippen molar-refractivity contribution >= 4 is 40.9 Å². The Labute approximate surface area is 123 Å². The number of rotatable bonds is 1. The van der Waals surface area contributed by atoms with E-state index in [1.165, 1.54) is 0 Å². The minimum Gasteiger partial charge on any atom is -0.336 e. The highest BCUT2D eigenvalue weighted by atomic mass is 127. The second-order valence-corrected chi connectivity index (χ2v) is 4.95. The van der Waals surface area contributed by atoms with Crippen molar-refractivity contribution in [3.05, 3.63) is 32.9 Å². The van der Waals surface area contributed by atoms with Gasteiger partial charge < -0.3 is 10.2 Å². The molecule has 0 aromatic heterocycles. The van der Waals surface area contributed by atoms with Gasteiger partial charge in [-0.1, -0.05) is 0 Å². The van der Waals surface area contributed by atoms with Crippen LogP contribution in [0.15, 0.2) is 12.1 Å². The van der Waals surface area contributed by atoms with E-state index in [0.29, 0.717) is 16.7 Å². The molecule has 2 rings (SSSR count). The van der Waals surface area contributed by atoms with Crippen LogP contribution in [0.2, 0.25) is 0 Å². The van der Waals surface area contributed by atoms with E-state index in [1.54, 1.807) is 4.90 Å². The number of carbonyl (C=O) groups is 1. The first-order valence-electron chi connectivity index (χ1n) is 5.24. The standard InChI is InChI=1S/C11H11F2IN2O.ClH/c12-8-5-7(10(14)6-9(8)13)11(17)16-3-1-15-2-4-16;/h5-6,15H,1-4H2;1H. The molecule has 1 N–H and O–H groups in total. The SMILES string of the molecule is Cl.O=C(c1cc(F)c(F)cc1I)N1CCNCC1. The first-order chi connectivity index (χ1) is 8.09. The van der Waals surface area contributed by atoms with Crippen LogP contribution in [-0.2, 0) is 0 Å². The van der Waals surface area contributed by atoms with E-state index < -0.39 is 11.6 Å². The van der Waals surface area contributed by atoms with Gasteiger partial charge in [-0.15, -0.1) is 12.4 Å². The van der Waals surface area contributed by atoms with Gasteiger partial charge in [-0.3, -0.25) is 4.79 Å². The molecule has 0 saturated carbocycles. The fourth-order valence-corrected chi connectivity index (χ4v) is 2.38.